The first-order chi connectivity index (χ1) is 8.43. The van der Waals surface area contributed by atoms with Crippen LogP contribution in [0, 0.1) is 0 Å². The lowest BCUT2D eigenvalue weighted by Crippen LogP contribution is -2.30. The molecule has 3 rings (SSSR count). The molecule has 0 radical (unpaired) electrons. The molecule has 0 saturated carbocycles. The summed E-state index contributed by atoms with van der Waals surface area (Å²) in [5, 5.41) is 5.54. The zero-order chi connectivity index (χ0) is 11.5. The molecule has 1 aliphatic heterocycles. The van der Waals surface area contributed by atoms with Crippen molar-refractivity contribution < 1.29 is 0 Å². The summed E-state index contributed by atoms with van der Waals surface area (Å²) in [5.41, 5.74) is 3.01. The second kappa shape index (κ2) is 9.58. The van der Waals surface area contributed by atoms with E-state index in [4.69, 9.17) is 0 Å². The summed E-state index contributed by atoms with van der Waals surface area (Å²) in [7, 11) is 0. The largest absolute Gasteiger partial charge is 0.329 e. The van der Waals surface area contributed by atoms with E-state index < -0.39 is 0 Å². The van der Waals surface area contributed by atoms with Crippen LogP contribution in [0.1, 0.15) is 30.3 Å². The summed E-state index contributed by atoms with van der Waals surface area (Å²) in [6, 6.07) is 0. The maximum atomic E-state index is 4.52. The van der Waals surface area contributed by atoms with Gasteiger partial charge in [-0.15, -0.1) is 48.6 Å². The summed E-state index contributed by atoms with van der Waals surface area (Å²) in [4.78, 5) is 8.85. The highest BCUT2D eigenvalue weighted by atomic mass is 35.5. The van der Waals surface area contributed by atoms with Gasteiger partial charge < -0.3 is 9.88 Å². The Kier molecular flexibility index (Phi) is 9.42. The first-order valence-electron chi connectivity index (χ1n) is 6.02. The Labute approximate surface area is 141 Å². The molecule has 0 amide bonds. The summed E-state index contributed by atoms with van der Waals surface area (Å²) < 4.78 is 2.23. The number of hydrogen-bond donors (Lipinski definition) is 1. The molecule has 8 heteroatoms. The number of nitrogens with one attached hydrogen (secondary N) is 1. The third-order valence-corrected chi connectivity index (χ3v) is 3.86. The summed E-state index contributed by atoms with van der Waals surface area (Å²) in [6.45, 7) is 3.03. The molecule has 0 aromatic carbocycles. The van der Waals surface area contributed by atoms with Gasteiger partial charge in [-0.2, -0.15) is 0 Å². The molecule has 2 aromatic heterocycles. The van der Waals surface area contributed by atoms with Crippen molar-refractivity contribution in [2.75, 3.05) is 13.1 Å². The lowest BCUT2D eigenvalue weighted by Gasteiger charge is -2.22. The summed E-state index contributed by atoms with van der Waals surface area (Å²) in [6.07, 6.45) is 6.44. The van der Waals surface area contributed by atoms with E-state index in [9.17, 15) is 0 Å². The van der Waals surface area contributed by atoms with E-state index in [1.807, 2.05) is 11.7 Å². The molecule has 0 spiro atoms. The highest BCUT2D eigenvalue weighted by Crippen LogP contribution is 2.22. The molecule has 1 N–H and O–H groups in total. The minimum Gasteiger partial charge on any atom is -0.329 e. The lowest BCUT2D eigenvalue weighted by atomic mass is 9.99. The number of piperidine rings is 1. The van der Waals surface area contributed by atoms with Crippen LogP contribution >= 0.6 is 48.6 Å². The summed E-state index contributed by atoms with van der Waals surface area (Å²) in [5.74, 6) is 1.75. The molecular weight excluding hydrogens is 339 g/mol. The van der Waals surface area contributed by atoms with Gasteiger partial charge in [0.1, 0.15) is 5.82 Å². The number of nitrogens with zero attached hydrogens (tertiary/aromatic N) is 3. The van der Waals surface area contributed by atoms with Crippen molar-refractivity contribution in [1.29, 1.82) is 0 Å². The van der Waals surface area contributed by atoms with Crippen LogP contribution in [-0.2, 0) is 6.54 Å². The van der Waals surface area contributed by atoms with Gasteiger partial charge in [-0.25, -0.2) is 9.97 Å². The van der Waals surface area contributed by atoms with Crippen LogP contribution in [-0.4, -0.2) is 27.6 Å². The fourth-order valence-electron chi connectivity index (χ4n) is 2.38. The van der Waals surface area contributed by atoms with Crippen LogP contribution in [0.2, 0.25) is 0 Å². The van der Waals surface area contributed by atoms with Crippen molar-refractivity contribution >= 4 is 48.6 Å². The molecule has 1 saturated heterocycles. The Hall–Kier alpha value is -0.330. The van der Waals surface area contributed by atoms with Crippen LogP contribution in [0.4, 0.5) is 0 Å². The fraction of sp³-hybridized carbons (Fsp3) is 0.500. The Morgan fingerprint density at radius 2 is 2.15 bits per heavy atom. The van der Waals surface area contributed by atoms with Crippen LogP contribution < -0.4 is 5.32 Å². The first kappa shape index (κ1) is 19.7. The first-order valence-corrected chi connectivity index (χ1v) is 6.96. The van der Waals surface area contributed by atoms with Crippen molar-refractivity contribution in [3.63, 3.8) is 0 Å². The maximum Gasteiger partial charge on any atom is 0.113 e. The van der Waals surface area contributed by atoms with E-state index >= 15 is 0 Å². The van der Waals surface area contributed by atoms with Gasteiger partial charge in [0, 0.05) is 30.2 Å². The van der Waals surface area contributed by atoms with Gasteiger partial charge in [0.15, 0.2) is 0 Å². The Morgan fingerprint density at radius 1 is 1.30 bits per heavy atom. The van der Waals surface area contributed by atoms with Crippen LogP contribution in [0.15, 0.2) is 23.3 Å². The molecule has 1 atom stereocenters. The number of imidazole rings is 1. The normalized spacial score (nSPS) is 17.5. The topological polar surface area (TPSA) is 42.7 Å². The molecule has 2 aromatic rings. The van der Waals surface area contributed by atoms with Crippen molar-refractivity contribution in [2.24, 2.45) is 0 Å². The molecule has 1 aliphatic rings. The van der Waals surface area contributed by atoms with Crippen molar-refractivity contribution in [3.8, 4) is 0 Å². The fourth-order valence-corrected chi connectivity index (χ4v) is 2.93. The Bertz CT molecular complexity index is 469. The molecule has 0 aliphatic carbocycles. The lowest BCUT2D eigenvalue weighted by molar-refractivity contribution is 0.435. The molecule has 114 valence electrons. The third-order valence-electron chi connectivity index (χ3n) is 3.23. The average molecular weight is 358 g/mol. The van der Waals surface area contributed by atoms with Crippen molar-refractivity contribution in [2.45, 2.75) is 25.3 Å². The number of halogens is 3. The average Bonchev–Trinajstić information content (AvgIpc) is 3.02. The number of thiazole rings is 1. The zero-order valence-corrected chi connectivity index (χ0v) is 14.2. The zero-order valence-electron chi connectivity index (χ0n) is 10.9. The molecule has 20 heavy (non-hydrogen) atoms. The second-order valence-corrected chi connectivity index (χ2v) is 5.16. The van der Waals surface area contributed by atoms with Crippen LogP contribution in [0.3, 0.4) is 0 Å². The van der Waals surface area contributed by atoms with Gasteiger partial charge in [0.2, 0.25) is 0 Å². The number of hydrogen-bond acceptors (Lipinski definition) is 4. The van der Waals surface area contributed by atoms with Gasteiger partial charge in [0.25, 0.3) is 0 Å². The van der Waals surface area contributed by atoms with E-state index in [2.05, 4.69) is 31.4 Å². The molecule has 1 fully saturated rings. The molecular formula is C12H19Cl3N4S. The van der Waals surface area contributed by atoms with Gasteiger partial charge >= 0.3 is 0 Å². The predicted octanol–water partition coefficient (Wildman–Crippen LogP) is 3.12. The van der Waals surface area contributed by atoms with E-state index in [1.54, 1.807) is 11.3 Å². The van der Waals surface area contributed by atoms with E-state index in [-0.39, 0.29) is 37.2 Å². The molecule has 3 heterocycles. The van der Waals surface area contributed by atoms with Gasteiger partial charge in [-0.05, 0) is 19.4 Å². The predicted molar refractivity (Wildman–Crippen MR) is 90.0 cm³/mol. The number of rotatable bonds is 3. The quantitative estimate of drug-likeness (QED) is 0.917. The SMILES string of the molecule is Cl.Cl.Cl.c1cn(Cc2cscn2)c(C2CCCNC2)n1. The standard InChI is InChI=1S/C12H16N4S.3ClH/c1-2-10(6-13-3-1)12-14-4-5-16(12)7-11-8-17-9-15-11;;;/h4-5,8-10,13H,1-3,6-7H2;3*1H. The monoisotopic (exact) mass is 356 g/mol. The van der Waals surface area contributed by atoms with Crippen molar-refractivity contribution in [1.82, 2.24) is 19.9 Å². The highest BCUT2D eigenvalue weighted by molar-refractivity contribution is 7.07. The highest BCUT2D eigenvalue weighted by Gasteiger charge is 2.19. The van der Waals surface area contributed by atoms with Crippen LogP contribution in [0.5, 0.6) is 0 Å². The van der Waals surface area contributed by atoms with Gasteiger partial charge in [-0.1, -0.05) is 0 Å². The van der Waals surface area contributed by atoms with Crippen molar-refractivity contribution in [3.05, 3.63) is 34.8 Å². The third kappa shape index (κ3) is 4.60. The van der Waals surface area contributed by atoms with Gasteiger partial charge in [0.05, 0.1) is 17.7 Å². The number of aromatic nitrogens is 3. The Balaban J connectivity index is 0.00000120. The minimum atomic E-state index is 0. The molecule has 1 unspecified atom stereocenters. The van der Waals surface area contributed by atoms with E-state index in [1.165, 1.54) is 18.7 Å². The molecule has 4 nitrogen and oxygen atoms in total. The smallest absolute Gasteiger partial charge is 0.113 e. The van der Waals surface area contributed by atoms with Crippen LogP contribution in [0.25, 0.3) is 0 Å². The molecule has 0 bridgehead atoms. The summed E-state index contributed by atoms with van der Waals surface area (Å²) >= 11 is 1.65. The minimum absolute atomic E-state index is 0. The van der Waals surface area contributed by atoms with Gasteiger partial charge in [-0.3, -0.25) is 0 Å². The van der Waals surface area contributed by atoms with E-state index in [0.717, 1.165) is 25.3 Å². The second-order valence-electron chi connectivity index (χ2n) is 4.44. The maximum absolute atomic E-state index is 4.52. The Morgan fingerprint density at radius 3 is 2.80 bits per heavy atom. The van der Waals surface area contributed by atoms with E-state index in [0.29, 0.717) is 5.92 Å².